The van der Waals surface area contributed by atoms with E-state index in [4.69, 9.17) is 0 Å². The van der Waals surface area contributed by atoms with Crippen LogP contribution in [0.2, 0.25) is 0 Å². The molecule has 0 aliphatic heterocycles. The molecule has 20 heavy (non-hydrogen) atoms. The monoisotopic (exact) mass is 289 g/mol. The van der Waals surface area contributed by atoms with Crippen LogP contribution in [0.1, 0.15) is 28.9 Å². The summed E-state index contributed by atoms with van der Waals surface area (Å²) >= 11 is 4.22. The van der Waals surface area contributed by atoms with Crippen LogP contribution in [0.3, 0.4) is 0 Å². The van der Waals surface area contributed by atoms with E-state index >= 15 is 0 Å². The topological polar surface area (TPSA) is 20.3 Å². The standard InChI is InChI=1S/C16H16FNOS/c1-11(14-8-3-4-9-15(14)17)18(2)16(19)12-6-5-7-13(20)10-12/h3-11,20H,1-2H3. The molecule has 0 heterocycles. The number of benzene rings is 2. The van der Waals surface area contributed by atoms with Crippen LogP contribution in [0, 0.1) is 5.82 Å². The Balaban J connectivity index is 2.25. The highest BCUT2D eigenvalue weighted by Gasteiger charge is 2.21. The van der Waals surface area contributed by atoms with Crippen LogP contribution in [0.15, 0.2) is 53.4 Å². The second kappa shape index (κ2) is 6.09. The van der Waals surface area contributed by atoms with Gasteiger partial charge >= 0.3 is 0 Å². The summed E-state index contributed by atoms with van der Waals surface area (Å²) in [7, 11) is 1.67. The Labute approximate surface area is 123 Å². The number of thiol groups is 1. The highest BCUT2D eigenvalue weighted by molar-refractivity contribution is 7.80. The van der Waals surface area contributed by atoms with Gasteiger partial charge in [-0.2, -0.15) is 0 Å². The van der Waals surface area contributed by atoms with Gasteiger partial charge in [0.1, 0.15) is 5.82 Å². The first-order chi connectivity index (χ1) is 9.50. The smallest absolute Gasteiger partial charge is 0.254 e. The summed E-state index contributed by atoms with van der Waals surface area (Å²) in [4.78, 5) is 14.6. The number of halogens is 1. The number of hydrogen-bond acceptors (Lipinski definition) is 2. The average Bonchev–Trinajstić information content (AvgIpc) is 2.45. The zero-order valence-electron chi connectivity index (χ0n) is 11.4. The highest BCUT2D eigenvalue weighted by Crippen LogP contribution is 2.23. The fraction of sp³-hybridized carbons (Fsp3) is 0.188. The molecule has 2 aromatic rings. The van der Waals surface area contributed by atoms with Crippen molar-refractivity contribution < 1.29 is 9.18 Å². The van der Waals surface area contributed by atoms with E-state index in [0.717, 1.165) is 4.90 Å². The van der Waals surface area contributed by atoms with E-state index in [2.05, 4.69) is 12.6 Å². The van der Waals surface area contributed by atoms with Gasteiger partial charge in [0.05, 0.1) is 6.04 Å². The molecular weight excluding hydrogens is 273 g/mol. The Hall–Kier alpha value is -1.81. The van der Waals surface area contributed by atoms with Crippen LogP contribution in [-0.4, -0.2) is 17.9 Å². The van der Waals surface area contributed by atoms with Crippen molar-refractivity contribution in [2.45, 2.75) is 17.9 Å². The van der Waals surface area contributed by atoms with Crippen LogP contribution in [0.4, 0.5) is 4.39 Å². The first-order valence-corrected chi connectivity index (χ1v) is 6.76. The maximum absolute atomic E-state index is 13.8. The molecule has 0 saturated heterocycles. The highest BCUT2D eigenvalue weighted by atomic mass is 32.1. The Morgan fingerprint density at radius 1 is 1.20 bits per heavy atom. The van der Waals surface area contributed by atoms with E-state index in [9.17, 15) is 9.18 Å². The van der Waals surface area contributed by atoms with Gasteiger partial charge in [-0.05, 0) is 31.2 Å². The summed E-state index contributed by atoms with van der Waals surface area (Å²) in [6, 6.07) is 13.2. The minimum absolute atomic E-state index is 0.156. The van der Waals surface area contributed by atoms with Gasteiger partial charge in [-0.1, -0.05) is 24.3 Å². The van der Waals surface area contributed by atoms with Crippen molar-refractivity contribution in [3.05, 3.63) is 65.5 Å². The summed E-state index contributed by atoms with van der Waals surface area (Å²) in [6.07, 6.45) is 0. The van der Waals surface area contributed by atoms with Crippen LogP contribution in [0.5, 0.6) is 0 Å². The fourth-order valence-electron chi connectivity index (χ4n) is 2.04. The molecule has 2 rings (SSSR count). The van der Waals surface area contributed by atoms with Gasteiger partial charge in [-0.3, -0.25) is 4.79 Å². The second-order valence-electron chi connectivity index (χ2n) is 4.66. The van der Waals surface area contributed by atoms with Gasteiger partial charge in [-0.15, -0.1) is 12.6 Å². The molecule has 0 bridgehead atoms. The van der Waals surface area contributed by atoms with Gasteiger partial charge in [0.2, 0.25) is 0 Å². The van der Waals surface area contributed by atoms with Gasteiger partial charge in [0.15, 0.2) is 0 Å². The normalized spacial score (nSPS) is 12.0. The molecule has 104 valence electrons. The maximum atomic E-state index is 13.8. The van der Waals surface area contributed by atoms with Crippen LogP contribution in [0.25, 0.3) is 0 Å². The van der Waals surface area contributed by atoms with Crippen molar-refractivity contribution in [1.82, 2.24) is 4.90 Å². The summed E-state index contributed by atoms with van der Waals surface area (Å²) < 4.78 is 13.8. The molecule has 4 heteroatoms. The number of nitrogens with zero attached hydrogens (tertiary/aromatic N) is 1. The first-order valence-electron chi connectivity index (χ1n) is 6.31. The predicted octanol–water partition coefficient (Wildman–Crippen LogP) is 3.95. The quantitative estimate of drug-likeness (QED) is 0.848. The second-order valence-corrected chi connectivity index (χ2v) is 5.18. The number of rotatable bonds is 3. The van der Waals surface area contributed by atoms with Gasteiger partial charge in [-0.25, -0.2) is 4.39 Å². The molecule has 1 unspecified atom stereocenters. The van der Waals surface area contributed by atoms with E-state index in [0.29, 0.717) is 11.1 Å². The third-order valence-corrected chi connectivity index (χ3v) is 3.63. The summed E-state index contributed by atoms with van der Waals surface area (Å²) in [5.74, 6) is -0.459. The van der Waals surface area contributed by atoms with Crippen molar-refractivity contribution in [3.63, 3.8) is 0 Å². The third kappa shape index (κ3) is 3.02. The SMILES string of the molecule is CC(c1ccccc1F)N(C)C(=O)c1cccc(S)c1. The average molecular weight is 289 g/mol. The van der Waals surface area contributed by atoms with E-state index < -0.39 is 0 Å². The zero-order valence-corrected chi connectivity index (χ0v) is 12.3. The zero-order chi connectivity index (χ0) is 14.7. The summed E-state index contributed by atoms with van der Waals surface area (Å²) in [6.45, 7) is 1.81. The fourth-order valence-corrected chi connectivity index (χ4v) is 2.27. The molecule has 0 radical (unpaired) electrons. The first kappa shape index (κ1) is 14.6. The number of amides is 1. The molecule has 0 aliphatic carbocycles. The number of hydrogen-bond donors (Lipinski definition) is 1. The minimum Gasteiger partial charge on any atom is -0.335 e. The largest absolute Gasteiger partial charge is 0.335 e. The maximum Gasteiger partial charge on any atom is 0.254 e. The minimum atomic E-state index is -0.340. The molecule has 0 saturated carbocycles. The molecule has 2 aromatic carbocycles. The Bertz CT molecular complexity index is 629. The molecule has 0 aromatic heterocycles. The van der Waals surface area contributed by atoms with Gasteiger partial charge in [0.25, 0.3) is 5.91 Å². The third-order valence-electron chi connectivity index (χ3n) is 3.35. The lowest BCUT2D eigenvalue weighted by Crippen LogP contribution is -2.30. The summed E-state index contributed by atoms with van der Waals surface area (Å²) in [5.41, 5.74) is 1.05. The van der Waals surface area contributed by atoms with Crippen LogP contribution < -0.4 is 0 Å². The molecular formula is C16H16FNOS. The Kier molecular flexibility index (Phi) is 4.45. The summed E-state index contributed by atoms with van der Waals surface area (Å²) in [5, 5.41) is 0. The molecule has 1 amide bonds. The predicted molar refractivity (Wildman–Crippen MR) is 80.6 cm³/mol. The Morgan fingerprint density at radius 3 is 2.55 bits per heavy atom. The van der Waals surface area contributed by atoms with Crippen molar-refractivity contribution in [2.24, 2.45) is 0 Å². The lowest BCUT2D eigenvalue weighted by molar-refractivity contribution is 0.0740. The van der Waals surface area contributed by atoms with Crippen molar-refractivity contribution in [3.8, 4) is 0 Å². The molecule has 0 aliphatic rings. The van der Waals surface area contributed by atoms with Crippen LogP contribution in [-0.2, 0) is 0 Å². The van der Waals surface area contributed by atoms with Crippen molar-refractivity contribution in [2.75, 3.05) is 7.05 Å². The Morgan fingerprint density at radius 2 is 1.90 bits per heavy atom. The van der Waals surface area contributed by atoms with Gasteiger partial charge < -0.3 is 4.90 Å². The molecule has 2 nitrogen and oxygen atoms in total. The van der Waals surface area contributed by atoms with Crippen molar-refractivity contribution >= 4 is 18.5 Å². The lowest BCUT2D eigenvalue weighted by atomic mass is 10.1. The molecule has 1 atom stereocenters. The number of carbonyl (C=O) groups is 1. The van der Waals surface area contributed by atoms with E-state index in [-0.39, 0.29) is 17.8 Å². The van der Waals surface area contributed by atoms with Gasteiger partial charge in [0, 0.05) is 23.1 Å². The van der Waals surface area contributed by atoms with Crippen molar-refractivity contribution in [1.29, 1.82) is 0 Å². The molecule has 0 fully saturated rings. The molecule has 0 spiro atoms. The number of carbonyl (C=O) groups excluding carboxylic acids is 1. The lowest BCUT2D eigenvalue weighted by Gasteiger charge is -2.25. The van der Waals surface area contributed by atoms with E-state index in [1.807, 2.05) is 0 Å². The molecule has 0 N–H and O–H groups in total. The van der Waals surface area contributed by atoms with E-state index in [1.54, 1.807) is 56.4 Å². The van der Waals surface area contributed by atoms with Crippen LogP contribution >= 0.6 is 12.6 Å². The van der Waals surface area contributed by atoms with E-state index in [1.165, 1.54) is 11.0 Å².